The number of hydrogen-bond donors (Lipinski definition) is 2. The second-order valence-corrected chi connectivity index (χ2v) is 9.32. The first kappa shape index (κ1) is 22.9. The van der Waals surface area contributed by atoms with Crippen LogP contribution in [0.4, 0.5) is 5.82 Å². The lowest BCUT2D eigenvalue weighted by atomic mass is 10.2. The average molecular weight is 490 g/mol. The molecule has 0 unspecified atom stereocenters. The van der Waals surface area contributed by atoms with E-state index in [1.807, 2.05) is 23.0 Å². The number of anilines is 1. The van der Waals surface area contributed by atoms with Crippen molar-refractivity contribution in [3.63, 3.8) is 0 Å². The number of benzene rings is 1. The van der Waals surface area contributed by atoms with Crippen LogP contribution in [0.1, 0.15) is 5.69 Å². The van der Waals surface area contributed by atoms with Gasteiger partial charge in [-0.1, -0.05) is 17.3 Å². The standard InChI is InChI=1S/C25H31N9O2/c35-21-5-1-3-19(17-21)23-27-24(33-13-15-36-16-14-33)22-25(28-23)34(30-29-22)12-11-31-7-9-32(10-8-31)18-20-4-2-6-26-20/h1-6,17,26,35H,7-16,18H2. The van der Waals surface area contributed by atoms with Gasteiger partial charge in [-0.05, 0) is 24.3 Å². The SMILES string of the molecule is Oc1cccc(-c2nc(N3CCOCC3)c3nnn(CCN4CCN(Cc5ccc[nH]5)CC4)c3n2)c1. The number of nitrogens with zero attached hydrogens (tertiary/aromatic N) is 8. The third kappa shape index (κ3) is 4.90. The summed E-state index contributed by atoms with van der Waals surface area (Å²) < 4.78 is 7.43. The molecule has 2 aliphatic rings. The lowest BCUT2D eigenvalue weighted by Gasteiger charge is -2.34. The Hall–Kier alpha value is -3.54. The Kier molecular flexibility index (Phi) is 6.50. The Bertz CT molecular complexity index is 1290. The number of aromatic nitrogens is 6. The minimum absolute atomic E-state index is 0.186. The molecule has 0 saturated carbocycles. The molecule has 0 spiro atoms. The molecular formula is C25H31N9O2. The Morgan fingerprint density at radius 1 is 0.917 bits per heavy atom. The van der Waals surface area contributed by atoms with E-state index >= 15 is 0 Å². The van der Waals surface area contributed by atoms with Gasteiger partial charge in [0.2, 0.25) is 0 Å². The molecule has 0 amide bonds. The fraction of sp³-hybridized carbons (Fsp3) is 0.440. The van der Waals surface area contributed by atoms with E-state index in [0.717, 1.165) is 69.4 Å². The molecule has 6 rings (SSSR count). The number of ether oxygens (including phenoxy) is 1. The van der Waals surface area contributed by atoms with Crippen molar-refractivity contribution in [1.82, 2.24) is 39.7 Å². The maximum Gasteiger partial charge on any atom is 0.184 e. The van der Waals surface area contributed by atoms with Crippen LogP contribution < -0.4 is 4.90 Å². The molecule has 36 heavy (non-hydrogen) atoms. The number of fused-ring (bicyclic) bond motifs is 1. The van der Waals surface area contributed by atoms with Gasteiger partial charge in [0.05, 0.1) is 19.8 Å². The van der Waals surface area contributed by atoms with Gasteiger partial charge in [0.15, 0.2) is 22.8 Å². The first-order valence-electron chi connectivity index (χ1n) is 12.5. The van der Waals surface area contributed by atoms with E-state index in [2.05, 4.69) is 36.1 Å². The van der Waals surface area contributed by atoms with E-state index in [1.165, 1.54) is 5.69 Å². The van der Waals surface area contributed by atoms with E-state index in [0.29, 0.717) is 31.1 Å². The molecule has 4 aromatic rings. The highest BCUT2D eigenvalue weighted by Gasteiger charge is 2.23. The monoisotopic (exact) mass is 489 g/mol. The van der Waals surface area contributed by atoms with Crippen LogP contribution in [-0.2, 0) is 17.8 Å². The van der Waals surface area contributed by atoms with Crippen molar-refractivity contribution in [2.75, 3.05) is 63.9 Å². The summed E-state index contributed by atoms with van der Waals surface area (Å²) in [6.07, 6.45) is 1.98. The van der Waals surface area contributed by atoms with Gasteiger partial charge in [-0.25, -0.2) is 14.6 Å². The fourth-order valence-corrected chi connectivity index (χ4v) is 4.88. The molecule has 188 valence electrons. The number of piperazine rings is 1. The predicted molar refractivity (Wildman–Crippen MR) is 136 cm³/mol. The first-order valence-corrected chi connectivity index (χ1v) is 12.5. The maximum atomic E-state index is 10.0. The minimum Gasteiger partial charge on any atom is -0.508 e. The van der Waals surface area contributed by atoms with Gasteiger partial charge >= 0.3 is 0 Å². The van der Waals surface area contributed by atoms with E-state index in [1.54, 1.807) is 18.2 Å². The summed E-state index contributed by atoms with van der Waals surface area (Å²) in [7, 11) is 0. The van der Waals surface area contributed by atoms with Crippen LogP contribution in [-0.4, -0.2) is 104 Å². The molecule has 0 radical (unpaired) electrons. The highest BCUT2D eigenvalue weighted by molar-refractivity contribution is 5.85. The highest BCUT2D eigenvalue weighted by Crippen LogP contribution is 2.28. The van der Waals surface area contributed by atoms with Crippen LogP contribution in [0.25, 0.3) is 22.6 Å². The topological polar surface area (TPSA) is 111 Å². The quantitative estimate of drug-likeness (QED) is 0.400. The molecule has 11 heteroatoms. The van der Waals surface area contributed by atoms with Gasteiger partial charge in [-0.15, -0.1) is 5.10 Å². The largest absolute Gasteiger partial charge is 0.508 e. The summed E-state index contributed by atoms with van der Waals surface area (Å²) in [5.74, 6) is 1.51. The Morgan fingerprint density at radius 2 is 1.75 bits per heavy atom. The lowest BCUT2D eigenvalue weighted by molar-refractivity contribution is 0.122. The Labute approximate surface area is 209 Å². The number of phenols is 1. The van der Waals surface area contributed by atoms with Crippen molar-refractivity contribution < 1.29 is 9.84 Å². The summed E-state index contributed by atoms with van der Waals surface area (Å²) in [6.45, 7) is 9.47. The third-order valence-electron chi connectivity index (χ3n) is 6.91. The van der Waals surface area contributed by atoms with Crippen LogP contribution in [0, 0.1) is 0 Å². The van der Waals surface area contributed by atoms with Gasteiger partial charge in [-0.2, -0.15) is 0 Å². The number of nitrogens with one attached hydrogen (secondary N) is 1. The number of aromatic amines is 1. The van der Waals surface area contributed by atoms with Gasteiger partial charge in [0, 0.05) is 69.8 Å². The van der Waals surface area contributed by atoms with Crippen molar-refractivity contribution in [2.45, 2.75) is 13.1 Å². The molecule has 11 nitrogen and oxygen atoms in total. The highest BCUT2D eigenvalue weighted by atomic mass is 16.5. The second kappa shape index (κ2) is 10.2. The summed E-state index contributed by atoms with van der Waals surface area (Å²) in [5, 5.41) is 19.0. The van der Waals surface area contributed by atoms with Crippen LogP contribution in [0.5, 0.6) is 5.75 Å². The molecule has 0 aliphatic carbocycles. The van der Waals surface area contributed by atoms with Crippen LogP contribution in [0.3, 0.4) is 0 Å². The van der Waals surface area contributed by atoms with Gasteiger partial charge in [-0.3, -0.25) is 9.80 Å². The normalized spacial score (nSPS) is 17.7. The molecule has 3 aromatic heterocycles. The fourth-order valence-electron chi connectivity index (χ4n) is 4.88. The molecule has 0 atom stereocenters. The van der Waals surface area contributed by atoms with Crippen molar-refractivity contribution in [2.24, 2.45) is 0 Å². The first-order chi connectivity index (χ1) is 17.7. The number of hydrogen-bond acceptors (Lipinski definition) is 9. The number of morpholine rings is 1. The third-order valence-corrected chi connectivity index (χ3v) is 6.91. The number of aromatic hydroxyl groups is 1. The van der Waals surface area contributed by atoms with Crippen molar-refractivity contribution in [1.29, 1.82) is 0 Å². The Morgan fingerprint density at radius 3 is 2.53 bits per heavy atom. The average Bonchev–Trinajstić information content (AvgIpc) is 3.58. The molecule has 2 N–H and O–H groups in total. The van der Waals surface area contributed by atoms with Crippen LogP contribution in [0.2, 0.25) is 0 Å². The molecule has 5 heterocycles. The Balaban J connectivity index is 1.21. The lowest BCUT2D eigenvalue weighted by Crippen LogP contribution is -2.46. The maximum absolute atomic E-state index is 10.0. The zero-order chi connectivity index (χ0) is 24.3. The van der Waals surface area contributed by atoms with E-state index < -0.39 is 0 Å². The molecule has 2 aliphatic heterocycles. The molecule has 0 bridgehead atoms. The van der Waals surface area contributed by atoms with Gasteiger partial charge in [0.25, 0.3) is 0 Å². The summed E-state index contributed by atoms with van der Waals surface area (Å²) in [6, 6.07) is 11.2. The minimum atomic E-state index is 0.186. The van der Waals surface area contributed by atoms with E-state index in [-0.39, 0.29) is 5.75 Å². The number of H-pyrrole nitrogens is 1. The van der Waals surface area contributed by atoms with E-state index in [4.69, 9.17) is 14.7 Å². The summed E-state index contributed by atoms with van der Waals surface area (Å²) in [5.41, 5.74) is 3.44. The van der Waals surface area contributed by atoms with Crippen molar-refractivity contribution >= 4 is 17.0 Å². The van der Waals surface area contributed by atoms with Crippen LogP contribution in [0.15, 0.2) is 42.6 Å². The molecule has 2 saturated heterocycles. The zero-order valence-corrected chi connectivity index (χ0v) is 20.3. The van der Waals surface area contributed by atoms with Gasteiger partial charge in [0.1, 0.15) is 5.75 Å². The summed E-state index contributed by atoms with van der Waals surface area (Å²) in [4.78, 5) is 20.1. The van der Waals surface area contributed by atoms with Gasteiger partial charge < -0.3 is 19.7 Å². The number of phenolic OH excluding ortho intramolecular Hbond substituents is 1. The molecule has 1 aromatic carbocycles. The smallest absolute Gasteiger partial charge is 0.184 e. The zero-order valence-electron chi connectivity index (χ0n) is 20.3. The number of rotatable bonds is 7. The molecular weight excluding hydrogens is 458 g/mol. The van der Waals surface area contributed by atoms with Crippen molar-refractivity contribution in [3.05, 3.63) is 48.3 Å². The molecule has 2 fully saturated rings. The predicted octanol–water partition coefficient (Wildman–Crippen LogP) is 1.58. The van der Waals surface area contributed by atoms with Crippen molar-refractivity contribution in [3.8, 4) is 17.1 Å². The summed E-state index contributed by atoms with van der Waals surface area (Å²) >= 11 is 0. The van der Waals surface area contributed by atoms with E-state index in [9.17, 15) is 5.11 Å². The second-order valence-electron chi connectivity index (χ2n) is 9.32. The van der Waals surface area contributed by atoms with Crippen LogP contribution >= 0.6 is 0 Å².